The second kappa shape index (κ2) is 6.92. The summed E-state index contributed by atoms with van der Waals surface area (Å²) in [5.74, 6) is -1.35. The fourth-order valence-corrected chi connectivity index (χ4v) is 3.42. The van der Waals surface area contributed by atoms with Crippen LogP contribution in [0.3, 0.4) is 0 Å². The average molecular weight is 388 g/mol. The molecule has 2 N–H and O–H groups in total. The highest BCUT2D eigenvalue weighted by atomic mass is 32.2. The summed E-state index contributed by atoms with van der Waals surface area (Å²) in [6.45, 7) is 0. The first-order valence-electron chi connectivity index (χ1n) is 7.48. The zero-order valence-corrected chi connectivity index (χ0v) is 14.3. The lowest BCUT2D eigenvalue weighted by Crippen LogP contribution is -2.13. The van der Waals surface area contributed by atoms with Gasteiger partial charge >= 0.3 is 5.97 Å². The Morgan fingerprint density at radius 3 is 2.30 bits per heavy atom. The quantitative estimate of drug-likeness (QED) is 0.487. The van der Waals surface area contributed by atoms with Gasteiger partial charge in [-0.1, -0.05) is 12.1 Å². The van der Waals surface area contributed by atoms with Gasteiger partial charge in [0.05, 0.1) is 15.5 Å². The summed E-state index contributed by atoms with van der Waals surface area (Å²) in [6, 6.07) is 13.4. The minimum atomic E-state index is -4.03. The Bertz CT molecular complexity index is 1120. The molecule has 0 saturated heterocycles. The van der Waals surface area contributed by atoms with Crippen molar-refractivity contribution >= 4 is 27.4 Å². The molecule has 1 heterocycles. The van der Waals surface area contributed by atoms with E-state index < -0.39 is 20.9 Å². The summed E-state index contributed by atoms with van der Waals surface area (Å²) in [7, 11) is -4.03. The highest BCUT2D eigenvalue weighted by molar-refractivity contribution is 7.92. The molecule has 1 aromatic heterocycles. The van der Waals surface area contributed by atoms with Crippen molar-refractivity contribution in [3.05, 3.63) is 76.5 Å². The van der Waals surface area contributed by atoms with E-state index in [4.69, 9.17) is 9.52 Å². The molecule has 0 bridgehead atoms. The molecule has 10 heteroatoms. The first-order valence-corrected chi connectivity index (χ1v) is 8.96. The maximum absolute atomic E-state index is 12.6. The minimum absolute atomic E-state index is 0.159. The van der Waals surface area contributed by atoms with E-state index >= 15 is 0 Å². The van der Waals surface area contributed by atoms with Crippen LogP contribution in [0.5, 0.6) is 0 Å². The van der Waals surface area contributed by atoms with Gasteiger partial charge in [0.15, 0.2) is 0 Å². The molecular formula is C17H12N2O7S. The van der Waals surface area contributed by atoms with Crippen LogP contribution in [0.2, 0.25) is 0 Å². The predicted octanol–water partition coefficient (Wildman–Crippen LogP) is 3.35. The summed E-state index contributed by atoms with van der Waals surface area (Å²) < 4.78 is 32.8. The van der Waals surface area contributed by atoms with Crippen molar-refractivity contribution in [2.24, 2.45) is 0 Å². The van der Waals surface area contributed by atoms with Crippen LogP contribution >= 0.6 is 0 Å². The number of benzene rings is 2. The number of nitro benzene ring substituents is 1. The predicted molar refractivity (Wildman–Crippen MR) is 95.0 cm³/mol. The zero-order chi connectivity index (χ0) is 19.6. The average Bonchev–Trinajstić information content (AvgIpc) is 3.12. The molecule has 3 rings (SSSR count). The number of nitrogens with zero attached hydrogens (tertiary/aromatic N) is 1. The maximum Gasteiger partial charge on any atom is 0.371 e. The number of carboxylic acid groups (broad SMARTS) is 1. The van der Waals surface area contributed by atoms with Crippen LogP contribution in [0.1, 0.15) is 10.6 Å². The lowest BCUT2D eigenvalue weighted by Gasteiger charge is -2.11. The van der Waals surface area contributed by atoms with Crippen LogP contribution in [-0.4, -0.2) is 24.4 Å². The zero-order valence-electron chi connectivity index (χ0n) is 13.5. The van der Waals surface area contributed by atoms with Gasteiger partial charge in [-0.25, -0.2) is 13.2 Å². The molecule has 138 valence electrons. The lowest BCUT2D eigenvalue weighted by molar-refractivity contribution is -0.384. The molecule has 0 atom stereocenters. The number of anilines is 1. The molecule has 2 aromatic carbocycles. The fraction of sp³-hybridized carbons (Fsp3) is 0. The molecule has 27 heavy (non-hydrogen) atoms. The van der Waals surface area contributed by atoms with Crippen molar-refractivity contribution in [2.75, 3.05) is 4.72 Å². The second-order valence-corrected chi connectivity index (χ2v) is 7.05. The molecule has 0 aliphatic carbocycles. The second-order valence-electron chi connectivity index (χ2n) is 5.37. The number of carboxylic acids is 1. The number of hydrogen-bond donors (Lipinski definition) is 2. The molecule has 0 aliphatic rings. The summed E-state index contributed by atoms with van der Waals surface area (Å²) in [4.78, 5) is 20.9. The van der Waals surface area contributed by atoms with Crippen molar-refractivity contribution in [1.29, 1.82) is 0 Å². The monoisotopic (exact) mass is 388 g/mol. The van der Waals surface area contributed by atoms with Crippen LogP contribution in [-0.2, 0) is 10.0 Å². The van der Waals surface area contributed by atoms with Gasteiger partial charge in [-0.3, -0.25) is 14.8 Å². The van der Waals surface area contributed by atoms with Crippen molar-refractivity contribution in [2.45, 2.75) is 4.90 Å². The van der Waals surface area contributed by atoms with Crippen LogP contribution in [0.15, 0.2) is 70.0 Å². The van der Waals surface area contributed by atoms with Gasteiger partial charge in [0.2, 0.25) is 5.76 Å². The number of rotatable bonds is 6. The van der Waals surface area contributed by atoms with E-state index in [1.54, 1.807) is 18.2 Å². The van der Waals surface area contributed by atoms with Crippen molar-refractivity contribution in [3.8, 4) is 11.3 Å². The van der Waals surface area contributed by atoms with E-state index in [0.29, 0.717) is 5.56 Å². The SMILES string of the molecule is O=C(O)c1ccc(-c2ccccc2NS(=O)(=O)c2ccc([N+](=O)[O-])cc2)o1. The maximum atomic E-state index is 12.6. The van der Waals surface area contributed by atoms with E-state index in [2.05, 4.69) is 4.72 Å². The van der Waals surface area contributed by atoms with Crippen LogP contribution in [0.25, 0.3) is 11.3 Å². The largest absolute Gasteiger partial charge is 0.475 e. The third kappa shape index (κ3) is 3.80. The highest BCUT2D eigenvalue weighted by Crippen LogP contribution is 2.31. The van der Waals surface area contributed by atoms with Gasteiger partial charge in [-0.2, -0.15) is 0 Å². The Balaban J connectivity index is 1.95. The van der Waals surface area contributed by atoms with Crippen LogP contribution in [0, 0.1) is 10.1 Å². The lowest BCUT2D eigenvalue weighted by atomic mass is 10.1. The summed E-state index contributed by atoms with van der Waals surface area (Å²) in [6.07, 6.45) is 0. The molecule has 0 amide bonds. The van der Waals surface area contributed by atoms with Crippen molar-refractivity contribution in [1.82, 2.24) is 0 Å². The Hall–Kier alpha value is -3.66. The van der Waals surface area contributed by atoms with E-state index in [1.807, 2.05) is 0 Å². The van der Waals surface area contributed by atoms with E-state index in [0.717, 1.165) is 24.3 Å². The van der Waals surface area contributed by atoms with Crippen molar-refractivity contribution in [3.63, 3.8) is 0 Å². The normalized spacial score (nSPS) is 11.1. The van der Waals surface area contributed by atoms with Gasteiger partial charge < -0.3 is 9.52 Å². The van der Waals surface area contributed by atoms with Gasteiger partial charge in [0.25, 0.3) is 15.7 Å². The Morgan fingerprint density at radius 2 is 1.70 bits per heavy atom. The first kappa shape index (κ1) is 18.1. The summed E-state index contributed by atoms with van der Waals surface area (Å²) in [5.41, 5.74) is 0.281. The van der Waals surface area contributed by atoms with E-state index in [-0.39, 0.29) is 27.8 Å². The van der Waals surface area contributed by atoms with Crippen LogP contribution < -0.4 is 4.72 Å². The molecule has 3 aromatic rings. The van der Waals surface area contributed by atoms with Gasteiger partial charge in [-0.05, 0) is 36.4 Å². The smallest absolute Gasteiger partial charge is 0.371 e. The van der Waals surface area contributed by atoms with Gasteiger partial charge in [0, 0.05) is 17.7 Å². The Labute approximate surface area is 153 Å². The number of nitro groups is 1. The molecule has 9 nitrogen and oxygen atoms in total. The third-order valence-electron chi connectivity index (χ3n) is 3.61. The van der Waals surface area contributed by atoms with E-state index in [1.165, 1.54) is 18.2 Å². The number of sulfonamides is 1. The minimum Gasteiger partial charge on any atom is -0.475 e. The molecule has 0 radical (unpaired) electrons. The molecular weight excluding hydrogens is 376 g/mol. The molecule has 0 aliphatic heterocycles. The number of aromatic carboxylic acids is 1. The van der Waals surface area contributed by atoms with Crippen LogP contribution in [0.4, 0.5) is 11.4 Å². The molecule has 0 fully saturated rings. The summed E-state index contributed by atoms with van der Waals surface area (Å²) in [5, 5.41) is 19.7. The molecule has 0 saturated carbocycles. The number of carbonyl (C=O) groups is 1. The Kier molecular flexibility index (Phi) is 4.65. The number of hydrogen-bond acceptors (Lipinski definition) is 6. The number of furan rings is 1. The number of para-hydroxylation sites is 1. The highest BCUT2D eigenvalue weighted by Gasteiger charge is 2.19. The van der Waals surface area contributed by atoms with Crippen molar-refractivity contribution < 1.29 is 27.7 Å². The van der Waals surface area contributed by atoms with Gasteiger partial charge in [0.1, 0.15) is 5.76 Å². The standard InChI is InChI=1S/C17H12N2O7S/c20-17(21)16-10-9-15(26-16)13-3-1-2-4-14(13)18-27(24,25)12-7-5-11(6-8-12)19(22)23/h1-10,18H,(H,20,21). The van der Waals surface area contributed by atoms with Gasteiger partial charge in [-0.15, -0.1) is 0 Å². The Morgan fingerprint density at radius 1 is 1.04 bits per heavy atom. The summed E-state index contributed by atoms with van der Waals surface area (Å²) >= 11 is 0. The number of non-ortho nitro benzene ring substituents is 1. The molecule has 0 spiro atoms. The number of nitrogens with one attached hydrogen (secondary N) is 1. The molecule has 0 unspecified atom stereocenters. The third-order valence-corrected chi connectivity index (χ3v) is 4.99. The van der Waals surface area contributed by atoms with E-state index in [9.17, 15) is 23.3 Å². The topological polar surface area (TPSA) is 140 Å². The first-order chi connectivity index (χ1) is 12.8. The fourth-order valence-electron chi connectivity index (χ4n) is 2.34.